The third kappa shape index (κ3) is 3.59. The van der Waals surface area contributed by atoms with Crippen molar-refractivity contribution in [3.63, 3.8) is 0 Å². The predicted octanol–water partition coefficient (Wildman–Crippen LogP) is 4.00. The van der Waals surface area contributed by atoms with Gasteiger partial charge in [0.15, 0.2) is 6.10 Å². The highest BCUT2D eigenvalue weighted by atomic mass is 35.5. The van der Waals surface area contributed by atoms with Crippen LogP contribution in [0.1, 0.15) is 22.8 Å². The van der Waals surface area contributed by atoms with Crippen LogP contribution in [0.5, 0.6) is 5.75 Å². The Morgan fingerprint density at radius 2 is 1.95 bits per heavy atom. The number of carbonyl (C=O) groups excluding carboxylic acids is 1. The van der Waals surface area contributed by atoms with Crippen molar-refractivity contribution in [1.29, 1.82) is 5.26 Å². The van der Waals surface area contributed by atoms with Gasteiger partial charge in [-0.1, -0.05) is 11.6 Å². The van der Waals surface area contributed by atoms with Gasteiger partial charge in [0.05, 0.1) is 16.7 Å². The summed E-state index contributed by atoms with van der Waals surface area (Å²) in [6.07, 6.45) is -0.777. The van der Waals surface area contributed by atoms with Crippen LogP contribution >= 0.6 is 11.6 Å². The molecule has 0 unspecified atom stereocenters. The maximum absolute atomic E-state index is 12.8. The van der Waals surface area contributed by atoms with E-state index in [2.05, 4.69) is 0 Å². The van der Waals surface area contributed by atoms with Crippen LogP contribution in [0, 0.1) is 17.1 Å². The predicted molar refractivity (Wildman–Crippen MR) is 77.0 cm³/mol. The normalized spacial score (nSPS) is 11.5. The summed E-state index contributed by atoms with van der Waals surface area (Å²) in [5.74, 6) is -0.371. The number of ketones is 1. The molecule has 0 aromatic heterocycles. The summed E-state index contributed by atoms with van der Waals surface area (Å²) >= 11 is 5.99. The van der Waals surface area contributed by atoms with Crippen molar-refractivity contribution in [2.45, 2.75) is 13.0 Å². The lowest BCUT2D eigenvalue weighted by Crippen LogP contribution is -2.24. The number of hydrogen-bond acceptors (Lipinski definition) is 3. The molecule has 0 aliphatic heterocycles. The van der Waals surface area contributed by atoms with Crippen LogP contribution in [0.25, 0.3) is 0 Å². The molecule has 5 heteroatoms. The maximum atomic E-state index is 12.8. The van der Waals surface area contributed by atoms with Crippen LogP contribution in [0.3, 0.4) is 0 Å². The lowest BCUT2D eigenvalue weighted by atomic mass is 10.1. The van der Waals surface area contributed by atoms with Crippen LogP contribution in [0.4, 0.5) is 4.39 Å². The van der Waals surface area contributed by atoms with E-state index >= 15 is 0 Å². The van der Waals surface area contributed by atoms with Gasteiger partial charge in [0.2, 0.25) is 5.78 Å². The van der Waals surface area contributed by atoms with E-state index in [4.69, 9.17) is 21.6 Å². The van der Waals surface area contributed by atoms with Crippen molar-refractivity contribution in [2.75, 3.05) is 0 Å². The van der Waals surface area contributed by atoms with Crippen LogP contribution in [-0.2, 0) is 0 Å². The zero-order chi connectivity index (χ0) is 15.4. The third-order valence-electron chi connectivity index (χ3n) is 2.86. The standard InChI is InChI=1S/C16H11ClFNO2/c1-10(16(20)12-3-5-13(18)6-4-12)21-15-7-2-11(9-19)8-14(15)17/h2-8,10H,1H3/t10-/m1/s1. The molecular formula is C16H11ClFNO2. The highest BCUT2D eigenvalue weighted by Gasteiger charge is 2.18. The van der Waals surface area contributed by atoms with Gasteiger partial charge in [-0.15, -0.1) is 0 Å². The molecule has 3 nitrogen and oxygen atoms in total. The topological polar surface area (TPSA) is 50.1 Å². The zero-order valence-corrected chi connectivity index (χ0v) is 11.9. The first-order valence-electron chi connectivity index (χ1n) is 6.17. The molecule has 0 heterocycles. The summed E-state index contributed by atoms with van der Waals surface area (Å²) in [5, 5.41) is 9.02. The average Bonchev–Trinajstić information content (AvgIpc) is 2.49. The zero-order valence-electron chi connectivity index (χ0n) is 11.1. The van der Waals surface area contributed by atoms with Crippen molar-refractivity contribution < 1.29 is 13.9 Å². The molecule has 0 bridgehead atoms. The number of rotatable bonds is 4. The smallest absolute Gasteiger partial charge is 0.202 e. The van der Waals surface area contributed by atoms with E-state index < -0.39 is 11.9 Å². The van der Waals surface area contributed by atoms with Gasteiger partial charge in [0.1, 0.15) is 11.6 Å². The molecule has 1 atom stereocenters. The molecule has 106 valence electrons. The van der Waals surface area contributed by atoms with Crippen molar-refractivity contribution in [3.05, 3.63) is 64.4 Å². The molecule has 0 saturated heterocycles. The van der Waals surface area contributed by atoms with Gasteiger partial charge in [-0.25, -0.2) is 4.39 Å². The third-order valence-corrected chi connectivity index (χ3v) is 3.16. The number of hydrogen-bond donors (Lipinski definition) is 0. The summed E-state index contributed by atoms with van der Waals surface area (Å²) in [6.45, 7) is 1.58. The first kappa shape index (κ1) is 15.0. The molecule has 0 aliphatic rings. The van der Waals surface area contributed by atoms with Gasteiger partial charge in [0, 0.05) is 5.56 Å². The molecule has 0 saturated carbocycles. The SMILES string of the molecule is C[C@@H](Oc1ccc(C#N)cc1Cl)C(=O)c1ccc(F)cc1. The molecule has 2 aromatic rings. The average molecular weight is 304 g/mol. The summed E-state index contributed by atoms with van der Waals surface area (Å²) in [7, 11) is 0. The Morgan fingerprint density at radius 1 is 1.29 bits per heavy atom. The Bertz CT molecular complexity index is 707. The highest BCUT2D eigenvalue weighted by Crippen LogP contribution is 2.26. The second kappa shape index (κ2) is 6.38. The minimum absolute atomic E-state index is 0.257. The van der Waals surface area contributed by atoms with Gasteiger partial charge in [-0.2, -0.15) is 5.26 Å². The molecule has 21 heavy (non-hydrogen) atoms. The fourth-order valence-corrected chi connectivity index (χ4v) is 1.98. The van der Waals surface area contributed by atoms with E-state index in [0.29, 0.717) is 16.9 Å². The number of carbonyl (C=O) groups is 1. The van der Waals surface area contributed by atoms with Gasteiger partial charge >= 0.3 is 0 Å². The maximum Gasteiger partial charge on any atom is 0.202 e. The van der Waals surface area contributed by atoms with E-state index in [1.54, 1.807) is 13.0 Å². The Labute approximate surface area is 126 Å². The number of ether oxygens (including phenoxy) is 1. The number of halogens is 2. The first-order chi connectivity index (χ1) is 10.0. The minimum atomic E-state index is -0.777. The lowest BCUT2D eigenvalue weighted by Gasteiger charge is -2.15. The molecule has 0 spiro atoms. The molecule has 2 aromatic carbocycles. The van der Waals surface area contributed by atoms with Crippen molar-refractivity contribution in [3.8, 4) is 11.8 Å². The first-order valence-corrected chi connectivity index (χ1v) is 6.55. The second-order valence-corrected chi connectivity index (χ2v) is 4.80. The van der Waals surface area contributed by atoms with Crippen molar-refractivity contribution in [1.82, 2.24) is 0 Å². The largest absolute Gasteiger partial charge is 0.481 e. The van der Waals surface area contributed by atoms with Gasteiger partial charge in [-0.05, 0) is 49.4 Å². The summed E-state index contributed by atoms with van der Waals surface area (Å²) in [5.41, 5.74) is 0.763. The Balaban J connectivity index is 2.14. The van der Waals surface area contributed by atoms with Crippen LogP contribution < -0.4 is 4.74 Å². The van der Waals surface area contributed by atoms with E-state index in [0.717, 1.165) is 0 Å². The molecular weight excluding hydrogens is 293 g/mol. The Kier molecular flexibility index (Phi) is 4.56. The fraction of sp³-hybridized carbons (Fsp3) is 0.125. The molecule has 0 fully saturated rings. The van der Waals surface area contributed by atoms with Gasteiger partial charge in [-0.3, -0.25) is 4.79 Å². The number of nitriles is 1. The van der Waals surface area contributed by atoms with E-state index in [1.807, 2.05) is 6.07 Å². The van der Waals surface area contributed by atoms with E-state index in [1.165, 1.54) is 36.4 Å². The Morgan fingerprint density at radius 3 is 2.52 bits per heavy atom. The number of nitrogens with zero attached hydrogens (tertiary/aromatic N) is 1. The Hall–Kier alpha value is -2.38. The van der Waals surface area contributed by atoms with E-state index in [-0.39, 0.29) is 10.8 Å². The number of Topliss-reactive ketones (excluding diaryl/α,β-unsaturated/α-hetero) is 1. The van der Waals surface area contributed by atoms with Crippen LogP contribution in [-0.4, -0.2) is 11.9 Å². The molecule has 0 N–H and O–H groups in total. The molecule has 2 rings (SSSR count). The fourth-order valence-electron chi connectivity index (χ4n) is 1.76. The van der Waals surface area contributed by atoms with E-state index in [9.17, 15) is 9.18 Å². The monoisotopic (exact) mass is 303 g/mol. The van der Waals surface area contributed by atoms with Crippen molar-refractivity contribution >= 4 is 17.4 Å². The highest BCUT2D eigenvalue weighted by molar-refractivity contribution is 6.32. The summed E-state index contributed by atoms with van der Waals surface area (Å²) in [4.78, 5) is 12.2. The van der Waals surface area contributed by atoms with Gasteiger partial charge < -0.3 is 4.74 Å². The lowest BCUT2D eigenvalue weighted by molar-refractivity contribution is 0.0818. The summed E-state index contributed by atoms with van der Waals surface area (Å²) in [6, 6.07) is 11.7. The molecule has 0 amide bonds. The quantitative estimate of drug-likeness (QED) is 0.802. The van der Waals surface area contributed by atoms with Crippen LogP contribution in [0.15, 0.2) is 42.5 Å². The van der Waals surface area contributed by atoms with Gasteiger partial charge in [0.25, 0.3) is 0 Å². The molecule has 0 aliphatic carbocycles. The van der Waals surface area contributed by atoms with Crippen molar-refractivity contribution in [2.24, 2.45) is 0 Å². The molecule has 0 radical (unpaired) electrons. The number of benzene rings is 2. The van der Waals surface area contributed by atoms with Crippen LogP contribution in [0.2, 0.25) is 5.02 Å². The minimum Gasteiger partial charge on any atom is -0.481 e. The second-order valence-electron chi connectivity index (χ2n) is 4.39. The summed E-state index contributed by atoms with van der Waals surface area (Å²) < 4.78 is 18.3.